The van der Waals surface area contributed by atoms with E-state index < -0.39 is 0 Å². The summed E-state index contributed by atoms with van der Waals surface area (Å²) in [5.74, 6) is -0.175. The second-order valence-electron chi connectivity index (χ2n) is 5.24. The molecule has 0 radical (unpaired) electrons. The van der Waals surface area contributed by atoms with Gasteiger partial charge in [-0.15, -0.1) is 0 Å². The first kappa shape index (κ1) is 14.0. The highest BCUT2D eigenvalue weighted by Gasteiger charge is 2.04. The lowest BCUT2D eigenvalue weighted by Crippen LogP contribution is -2.05. The number of aryl methyl sites for hydroxylation is 2. The smallest absolute Gasteiger partial charge is 0.183 e. The van der Waals surface area contributed by atoms with Crippen LogP contribution in [0.1, 0.15) is 16.7 Å². The summed E-state index contributed by atoms with van der Waals surface area (Å²) in [4.78, 5) is 4.57. The van der Waals surface area contributed by atoms with Gasteiger partial charge in [-0.1, -0.05) is 23.5 Å². The van der Waals surface area contributed by atoms with E-state index in [1.165, 1.54) is 21.9 Å². The van der Waals surface area contributed by atoms with Crippen LogP contribution in [0, 0.1) is 19.7 Å². The maximum Gasteiger partial charge on any atom is 0.183 e. The lowest BCUT2D eigenvalue weighted by atomic mass is 10.1. The largest absolute Gasteiger partial charge is 0.361 e. The molecule has 1 N–H and O–H groups in total. The highest BCUT2D eigenvalue weighted by atomic mass is 32.1. The number of rotatable bonds is 4. The molecule has 0 saturated heterocycles. The molecule has 0 aliphatic carbocycles. The zero-order valence-corrected chi connectivity index (χ0v) is 12.9. The van der Waals surface area contributed by atoms with Gasteiger partial charge in [-0.3, -0.25) is 0 Å². The fourth-order valence-corrected chi connectivity index (χ4v) is 3.34. The van der Waals surface area contributed by atoms with Gasteiger partial charge in [0.2, 0.25) is 0 Å². The zero-order valence-electron chi connectivity index (χ0n) is 12.1. The molecular weight excluding hydrogens is 283 g/mol. The van der Waals surface area contributed by atoms with Crippen LogP contribution in [-0.2, 0) is 6.42 Å². The molecule has 0 aliphatic heterocycles. The Bertz CT molecular complexity index is 780. The molecule has 0 amide bonds. The number of thiazole rings is 1. The second-order valence-corrected chi connectivity index (χ2v) is 6.27. The first-order chi connectivity index (χ1) is 10.1. The summed E-state index contributed by atoms with van der Waals surface area (Å²) in [5, 5.41) is 4.30. The third-order valence-electron chi connectivity index (χ3n) is 3.52. The van der Waals surface area contributed by atoms with E-state index in [1.54, 1.807) is 17.4 Å². The molecule has 21 heavy (non-hydrogen) atoms. The summed E-state index contributed by atoms with van der Waals surface area (Å²) in [6.07, 6.45) is 0.862. The molecule has 0 bridgehead atoms. The number of hydrogen-bond acceptors (Lipinski definition) is 3. The number of aromatic nitrogens is 1. The molecule has 108 valence electrons. The molecule has 1 heterocycles. The lowest BCUT2D eigenvalue weighted by molar-refractivity contribution is 0.625. The van der Waals surface area contributed by atoms with Crippen LogP contribution >= 0.6 is 11.3 Å². The maximum atomic E-state index is 13.1. The Morgan fingerprint density at radius 2 is 2.00 bits per heavy atom. The number of fused-ring (bicyclic) bond motifs is 1. The molecule has 0 spiro atoms. The number of nitrogens with one attached hydrogen (secondary N) is 1. The van der Waals surface area contributed by atoms with Crippen molar-refractivity contribution < 1.29 is 4.39 Å². The standard InChI is InChI=1S/C17H17FN2S/c1-11-3-6-15-16(9-11)21-17(20-15)19-8-7-13-4-5-14(18)10-12(13)2/h3-6,9-10H,7-8H2,1-2H3,(H,19,20). The van der Waals surface area contributed by atoms with Crippen molar-refractivity contribution in [1.82, 2.24) is 4.98 Å². The molecule has 0 fully saturated rings. The quantitative estimate of drug-likeness (QED) is 0.755. The van der Waals surface area contributed by atoms with Gasteiger partial charge in [0.15, 0.2) is 5.13 Å². The Balaban J connectivity index is 1.66. The van der Waals surface area contributed by atoms with E-state index in [1.807, 2.05) is 13.0 Å². The Morgan fingerprint density at radius 1 is 1.14 bits per heavy atom. The van der Waals surface area contributed by atoms with Crippen LogP contribution in [0.15, 0.2) is 36.4 Å². The number of nitrogens with zero attached hydrogens (tertiary/aromatic N) is 1. The van der Waals surface area contributed by atoms with E-state index in [-0.39, 0.29) is 5.82 Å². The first-order valence-corrected chi connectivity index (χ1v) is 7.79. The van der Waals surface area contributed by atoms with Gasteiger partial charge in [0.25, 0.3) is 0 Å². The summed E-state index contributed by atoms with van der Waals surface area (Å²) < 4.78 is 14.3. The van der Waals surface area contributed by atoms with E-state index in [2.05, 4.69) is 35.4 Å². The summed E-state index contributed by atoms with van der Waals surface area (Å²) in [5.41, 5.74) is 4.45. The van der Waals surface area contributed by atoms with Gasteiger partial charge in [0.05, 0.1) is 10.2 Å². The van der Waals surface area contributed by atoms with Gasteiger partial charge in [-0.2, -0.15) is 0 Å². The van der Waals surface area contributed by atoms with Crippen LogP contribution in [0.3, 0.4) is 0 Å². The van der Waals surface area contributed by atoms with Crippen LogP contribution in [0.5, 0.6) is 0 Å². The first-order valence-electron chi connectivity index (χ1n) is 6.98. The van der Waals surface area contributed by atoms with Gasteiger partial charge < -0.3 is 5.32 Å². The average Bonchev–Trinajstić information content (AvgIpc) is 2.83. The van der Waals surface area contributed by atoms with Crippen molar-refractivity contribution in [2.45, 2.75) is 20.3 Å². The van der Waals surface area contributed by atoms with E-state index in [0.29, 0.717) is 0 Å². The Labute approximate surface area is 127 Å². The molecule has 4 heteroatoms. The molecule has 1 aromatic heterocycles. The van der Waals surface area contributed by atoms with Crippen LogP contribution in [-0.4, -0.2) is 11.5 Å². The summed E-state index contributed by atoms with van der Waals surface area (Å²) in [6, 6.07) is 11.2. The molecule has 0 atom stereocenters. The third kappa shape index (κ3) is 3.22. The molecule has 2 aromatic carbocycles. The van der Waals surface area contributed by atoms with Crippen molar-refractivity contribution in [2.75, 3.05) is 11.9 Å². The predicted octanol–water partition coefficient (Wildman–Crippen LogP) is 4.71. The number of hydrogen-bond donors (Lipinski definition) is 1. The van der Waals surface area contributed by atoms with Crippen LogP contribution in [0.25, 0.3) is 10.2 Å². The average molecular weight is 300 g/mol. The van der Waals surface area contributed by atoms with Crippen LogP contribution in [0.2, 0.25) is 0 Å². The minimum absolute atomic E-state index is 0.175. The fourth-order valence-electron chi connectivity index (χ4n) is 2.35. The SMILES string of the molecule is Cc1ccc2nc(NCCc3ccc(F)cc3C)sc2c1. The summed E-state index contributed by atoms with van der Waals surface area (Å²) in [7, 11) is 0. The highest BCUT2D eigenvalue weighted by molar-refractivity contribution is 7.22. The zero-order chi connectivity index (χ0) is 14.8. The molecule has 3 aromatic rings. The highest BCUT2D eigenvalue weighted by Crippen LogP contribution is 2.26. The monoisotopic (exact) mass is 300 g/mol. The summed E-state index contributed by atoms with van der Waals surface area (Å²) >= 11 is 1.67. The third-order valence-corrected chi connectivity index (χ3v) is 4.50. The maximum absolute atomic E-state index is 13.1. The van der Waals surface area contributed by atoms with Gasteiger partial charge in [0.1, 0.15) is 5.82 Å². The van der Waals surface area contributed by atoms with Crippen LogP contribution in [0.4, 0.5) is 9.52 Å². The lowest BCUT2D eigenvalue weighted by Gasteiger charge is -2.06. The Morgan fingerprint density at radius 3 is 2.81 bits per heavy atom. The fraction of sp³-hybridized carbons (Fsp3) is 0.235. The Hall–Kier alpha value is -1.94. The van der Waals surface area contributed by atoms with Crippen molar-refractivity contribution in [3.63, 3.8) is 0 Å². The molecule has 2 nitrogen and oxygen atoms in total. The normalized spacial score (nSPS) is 11.0. The number of anilines is 1. The molecule has 0 unspecified atom stereocenters. The van der Waals surface area contributed by atoms with E-state index in [0.717, 1.165) is 29.2 Å². The minimum atomic E-state index is -0.175. The number of halogens is 1. The van der Waals surface area contributed by atoms with E-state index >= 15 is 0 Å². The van der Waals surface area contributed by atoms with Gasteiger partial charge in [-0.25, -0.2) is 9.37 Å². The van der Waals surface area contributed by atoms with Crippen LogP contribution < -0.4 is 5.32 Å². The van der Waals surface area contributed by atoms with Crippen molar-refractivity contribution >= 4 is 26.7 Å². The topological polar surface area (TPSA) is 24.9 Å². The minimum Gasteiger partial charge on any atom is -0.361 e. The van der Waals surface area contributed by atoms with Crippen molar-refractivity contribution in [2.24, 2.45) is 0 Å². The predicted molar refractivity (Wildman–Crippen MR) is 87.7 cm³/mol. The van der Waals surface area contributed by atoms with Crippen molar-refractivity contribution in [1.29, 1.82) is 0 Å². The molecule has 0 aliphatic rings. The van der Waals surface area contributed by atoms with Gasteiger partial charge in [-0.05, 0) is 61.2 Å². The van der Waals surface area contributed by atoms with Gasteiger partial charge in [0, 0.05) is 6.54 Å². The molecular formula is C17H17FN2S. The van der Waals surface area contributed by atoms with Crippen molar-refractivity contribution in [3.05, 3.63) is 58.9 Å². The Kier molecular flexibility index (Phi) is 3.88. The molecule has 0 saturated carbocycles. The molecule has 3 rings (SSSR count). The van der Waals surface area contributed by atoms with E-state index in [9.17, 15) is 4.39 Å². The van der Waals surface area contributed by atoms with Crippen molar-refractivity contribution in [3.8, 4) is 0 Å². The second kappa shape index (κ2) is 5.82. The van der Waals surface area contributed by atoms with E-state index in [4.69, 9.17) is 0 Å². The number of benzene rings is 2. The summed E-state index contributed by atoms with van der Waals surface area (Å²) in [6.45, 7) is 4.83. The van der Waals surface area contributed by atoms with Gasteiger partial charge >= 0.3 is 0 Å².